The number of halogens is 1. The second-order valence-electron chi connectivity index (χ2n) is 7.64. The zero-order valence-electron chi connectivity index (χ0n) is 16.7. The van der Waals surface area contributed by atoms with Crippen molar-refractivity contribution in [3.8, 4) is 17.2 Å². The van der Waals surface area contributed by atoms with Crippen molar-refractivity contribution in [3.05, 3.63) is 83.4 Å². The van der Waals surface area contributed by atoms with E-state index >= 15 is 0 Å². The number of para-hydroxylation sites is 2. The van der Waals surface area contributed by atoms with Crippen LogP contribution in [-0.4, -0.2) is 12.5 Å². The van der Waals surface area contributed by atoms with Crippen molar-refractivity contribution < 1.29 is 14.3 Å². The molecule has 0 aliphatic heterocycles. The minimum Gasteiger partial charge on any atom is -0.483 e. The van der Waals surface area contributed by atoms with Crippen LogP contribution >= 0.6 is 11.6 Å². The van der Waals surface area contributed by atoms with E-state index in [-0.39, 0.29) is 17.9 Å². The average Bonchev–Trinajstić information content (AvgIpc) is 2.69. The van der Waals surface area contributed by atoms with E-state index in [1.807, 2.05) is 54.6 Å². The molecule has 0 fully saturated rings. The minimum absolute atomic E-state index is 0.0866. The number of carbonyl (C=O) groups excluding carboxylic acids is 1. The van der Waals surface area contributed by atoms with Crippen LogP contribution in [0.15, 0.2) is 72.8 Å². The third kappa shape index (κ3) is 5.75. The lowest BCUT2D eigenvalue weighted by molar-refractivity contribution is -0.118. The van der Waals surface area contributed by atoms with Gasteiger partial charge in [0.2, 0.25) is 0 Å². The van der Waals surface area contributed by atoms with Crippen molar-refractivity contribution in [3.63, 3.8) is 0 Å². The highest BCUT2D eigenvalue weighted by atomic mass is 35.5. The summed E-state index contributed by atoms with van der Waals surface area (Å²) in [5, 5.41) is 3.33. The van der Waals surface area contributed by atoms with Crippen LogP contribution in [0.25, 0.3) is 0 Å². The molecule has 0 heterocycles. The smallest absolute Gasteiger partial charge is 0.262 e. The first-order valence-corrected chi connectivity index (χ1v) is 9.75. The molecule has 0 spiro atoms. The maximum absolute atomic E-state index is 12.5. The number of nitrogens with one attached hydrogen (secondary N) is 1. The lowest BCUT2D eigenvalue weighted by Gasteiger charge is -2.22. The highest BCUT2D eigenvalue weighted by Crippen LogP contribution is 2.33. The molecular formula is C24H24ClNO3. The van der Waals surface area contributed by atoms with Crippen LogP contribution in [0.5, 0.6) is 17.2 Å². The predicted molar refractivity (Wildman–Crippen MR) is 117 cm³/mol. The van der Waals surface area contributed by atoms with Gasteiger partial charge < -0.3 is 14.8 Å². The molecule has 0 aliphatic carbocycles. The Morgan fingerprint density at radius 2 is 1.62 bits per heavy atom. The van der Waals surface area contributed by atoms with E-state index in [1.54, 1.807) is 18.2 Å². The van der Waals surface area contributed by atoms with Gasteiger partial charge in [-0.2, -0.15) is 0 Å². The van der Waals surface area contributed by atoms with Crippen LogP contribution in [0.2, 0.25) is 5.02 Å². The number of ether oxygens (including phenoxy) is 2. The summed E-state index contributed by atoms with van der Waals surface area (Å²) in [6.45, 7) is 6.20. The Hall–Kier alpha value is -2.98. The third-order valence-corrected chi connectivity index (χ3v) is 4.48. The van der Waals surface area contributed by atoms with Gasteiger partial charge in [0.1, 0.15) is 11.5 Å². The van der Waals surface area contributed by atoms with Crippen LogP contribution in [0.1, 0.15) is 26.3 Å². The molecule has 3 aromatic carbocycles. The summed E-state index contributed by atoms with van der Waals surface area (Å²) in [5.41, 5.74) is 1.44. The van der Waals surface area contributed by atoms with Crippen LogP contribution in [-0.2, 0) is 10.2 Å². The topological polar surface area (TPSA) is 47.6 Å². The first-order valence-electron chi connectivity index (χ1n) is 9.37. The number of rotatable bonds is 6. The van der Waals surface area contributed by atoms with Gasteiger partial charge in [0.15, 0.2) is 12.4 Å². The summed E-state index contributed by atoms with van der Waals surface area (Å²) >= 11 is 6.11. The van der Waals surface area contributed by atoms with E-state index in [2.05, 4.69) is 26.1 Å². The fourth-order valence-corrected chi connectivity index (χ4v) is 3.02. The molecular weight excluding hydrogens is 386 g/mol. The molecule has 0 aromatic heterocycles. The third-order valence-electron chi connectivity index (χ3n) is 4.24. The van der Waals surface area contributed by atoms with Crippen molar-refractivity contribution in [2.24, 2.45) is 0 Å². The lowest BCUT2D eigenvalue weighted by Crippen LogP contribution is -2.22. The summed E-state index contributed by atoms with van der Waals surface area (Å²) < 4.78 is 11.7. The van der Waals surface area contributed by atoms with Crippen molar-refractivity contribution >= 4 is 23.2 Å². The van der Waals surface area contributed by atoms with Gasteiger partial charge in [-0.15, -0.1) is 0 Å². The van der Waals surface area contributed by atoms with E-state index in [0.717, 1.165) is 5.56 Å². The first-order chi connectivity index (χ1) is 13.8. The number of benzene rings is 3. The second-order valence-corrected chi connectivity index (χ2v) is 8.08. The predicted octanol–water partition coefficient (Wildman–Crippen LogP) is 6.45. The van der Waals surface area contributed by atoms with Gasteiger partial charge in [0, 0.05) is 5.02 Å². The van der Waals surface area contributed by atoms with Gasteiger partial charge in [-0.3, -0.25) is 4.79 Å². The normalized spacial score (nSPS) is 11.0. The molecule has 5 heteroatoms. The average molecular weight is 410 g/mol. The van der Waals surface area contributed by atoms with Crippen LogP contribution in [0, 0.1) is 0 Å². The highest BCUT2D eigenvalue weighted by molar-refractivity contribution is 6.31. The molecule has 0 radical (unpaired) electrons. The monoisotopic (exact) mass is 409 g/mol. The molecule has 3 rings (SSSR count). The Morgan fingerprint density at radius 3 is 2.34 bits per heavy atom. The Labute approximate surface area is 176 Å². The second kappa shape index (κ2) is 9.01. The number of carbonyl (C=O) groups is 1. The number of anilines is 1. The molecule has 0 saturated heterocycles. The van der Waals surface area contributed by atoms with Crippen LogP contribution in [0.3, 0.4) is 0 Å². The molecule has 0 aliphatic rings. The molecule has 29 heavy (non-hydrogen) atoms. The molecule has 0 bridgehead atoms. The van der Waals surface area contributed by atoms with E-state index in [1.165, 1.54) is 0 Å². The largest absolute Gasteiger partial charge is 0.483 e. The summed E-state index contributed by atoms with van der Waals surface area (Å²) in [5.74, 6) is 1.57. The van der Waals surface area contributed by atoms with Crippen molar-refractivity contribution in [2.45, 2.75) is 26.2 Å². The van der Waals surface area contributed by atoms with Gasteiger partial charge >= 0.3 is 0 Å². The van der Waals surface area contributed by atoms with E-state index in [9.17, 15) is 4.79 Å². The molecule has 0 atom stereocenters. The van der Waals surface area contributed by atoms with Gasteiger partial charge in [-0.1, -0.05) is 68.8 Å². The van der Waals surface area contributed by atoms with Gasteiger partial charge in [-0.05, 0) is 47.4 Å². The van der Waals surface area contributed by atoms with E-state index in [0.29, 0.717) is 28.0 Å². The SMILES string of the molecule is CC(C)(C)c1ccccc1OCC(=O)Nc1cc(Cl)ccc1Oc1ccccc1. The number of amides is 1. The molecule has 3 aromatic rings. The maximum atomic E-state index is 12.5. The standard InChI is InChI=1S/C24H24ClNO3/c1-24(2,3)19-11-7-8-12-21(19)28-16-23(27)26-20-15-17(25)13-14-22(20)29-18-9-5-4-6-10-18/h4-15H,16H2,1-3H3,(H,26,27). The summed E-state index contributed by atoms with van der Waals surface area (Å²) in [6.07, 6.45) is 0. The van der Waals surface area contributed by atoms with Crippen molar-refractivity contribution in [1.29, 1.82) is 0 Å². The number of hydrogen-bond donors (Lipinski definition) is 1. The Kier molecular flexibility index (Phi) is 6.45. The van der Waals surface area contributed by atoms with Crippen molar-refractivity contribution in [1.82, 2.24) is 0 Å². The van der Waals surface area contributed by atoms with Gasteiger partial charge in [-0.25, -0.2) is 0 Å². The Balaban J connectivity index is 1.71. The molecule has 0 saturated carbocycles. The quantitative estimate of drug-likeness (QED) is 0.509. The summed E-state index contributed by atoms with van der Waals surface area (Å²) in [7, 11) is 0. The molecule has 0 unspecified atom stereocenters. The van der Waals surface area contributed by atoms with Crippen LogP contribution < -0.4 is 14.8 Å². The zero-order valence-corrected chi connectivity index (χ0v) is 17.5. The highest BCUT2D eigenvalue weighted by Gasteiger charge is 2.19. The molecule has 1 amide bonds. The Bertz CT molecular complexity index is 981. The minimum atomic E-state index is -0.297. The zero-order chi connectivity index (χ0) is 20.9. The summed E-state index contributed by atoms with van der Waals surface area (Å²) in [6, 6.07) is 22.2. The maximum Gasteiger partial charge on any atom is 0.262 e. The fraction of sp³-hybridized carbons (Fsp3) is 0.208. The molecule has 150 valence electrons. The lowest BCUT2D eigenvalue weighted by atomic mass is 9.86. The van der Waals surface area contributed by atoms with Crippen LogP contribution in [0.4, 0.5) is 5.69 Å². The molecule has 1 N–H and O–H groups in total. The Morgan fingerprint density at radius 1 is 0.931 bits per heavy atom. The van der Waals surface area contributed by atoms with E-state index in [4.69, 9.17) is 21.1 Å². The summed E-state index contributed by atoms with van der Waals surface area (Å²) in [4.78, 5) is 12.5. The number of hydrogen-bond acceptors (Lipinski definition) is 3. The molecule has 4 nitrogen and oxygen atoms in total. The van der Waals surface area contributed by atoms with Gasteiger partial charge in [0.05, 0.1) is 5.69 Å². The van der Waals surface area contributed by atoms with Gasteiger partial charge in [0.25, 0.3) is 5.91 Å². The first kappa shape index (κ1) is 20.7. The van der Waals surface area contributed by atoms with E-state index < -0.39 is 0 Å². The van der Waals surface area contributed by atoms with Crippen molar-refractivity contribution in [2.75, 3.05) is 11.9 Å². The fourth-order valence-electron chi connectivity index (χ4n) is 2.85.